The number of hydrogen-bond donors (Lipinski definition) is 0. The van der Waals surface area contributed by atoms with Crippen molar-refractivity contribution < 1.29 is 52.5 Å². The van der Waals surface area contributed by atoms with E-state index in [9.17, 15) is 33.6 Å². The highest BCUT2D eigenvalue weighted by Crippen LogP contribution is 2.34. The number of nitrogens with zero attached hydrogens (tertiary/aromatic N) is 3. The first kappa shape index (κ1) is 71.5. The number of rotatable bonds is 19. The van der Waals surface area contributed by atoms with Crippen molar-refractivity contribution in [3.05, 3.63) is 53.9 Å². The molecule has 4 fully saturated rings. The normalized spacial score (nSPS) is 16.2. The molecule has 3 saturated heterocycles. The lowest BCUT2D eigenvalue weighted by molar-refractivity contribution is -0.124. The summed E-state index contributed by atoms with van der Waals surface area (Å²) in [6.45, 7) is 37.9. The van der Waals surface area contributed by atoms with Gasteiger partial charge in [0.2, 0.25) is 6.79 Å². The van der Waals surface area contributed by atoms with Crippen LogP contribution in [0.25, 0.3) is 0 Å². The van der Waals surface area contributed by atoms with Crippen LogP contribution in [0, 0.1) is 53.3 Å². The van der Waals surface area contributed by atoms with Crippen molar-refractivity contribution >= 4 is 40.5 Å². The molecule has 2 aromatic rings. The van der Waals surface area contributed by atoms with Crippen LogP contribution in [0.3, 0.4) is 0 Å². The number of pyridine rings is 1. The summed E-state index contributed by atoms with van der Waals surface area (Å²) < 4.78 is 20.8. The zero-order valence-corrected chi connectivity index (χ0v) is 51.1. The molecule has 5 aliphatic rings. The summed E-state index contributed by atoms with van der Waals surface area (Å²) in [5, 5.41) is 0. The fraction of sp³-hybridized carbons (Fsp3) is 0.719. The van der Waals surface area contributed by atoms with Gasteiger partial charge in [0.05, 0.1) is 26.3 Å². The second-order valence-electron chi connectivity index (χ2n) is 23.3. The van der Waals surface area contributed by atoms with Crippen LogP contribution >= 0.6 is 0 Å². The third kappa shape index (κ3) is 33.2. The maximum absolute atomic E-state index is 11.6. The molecule has 0 atom stereocenters. The number of benzene rings is 1. The number of morpholine rings is 1. The molecule has 14 nitrogen and oxygen atoms in total. The Bertz CT molecular complexity index is 1940. The fourth-order valence-electron chi connectivity index (χ4n) is 7.69. The maximum atomic E-state index is 11.6. The summed E-state index contributed by atoms with van der Waals surface area (Å²) in [5.41, 5.74) is 1.73. The van der Waals surface area contributed by atoms with Crippen LogP contribution in [0.2, 0.25) is 0 Å². The highest BCUT2D eigenvalue weighted by atomic mass is 16.7. The van der Waals surface area contributed by atoms with E-state index in [-0.39, 0.29) is 59.8 Å². The van der Waals surface area contributed by atoms with Gasteiger partial charge in [-0.25, -0.2) is 0 Å². The third-order valence-electron chi connectivity index (χ3n) is 13.9. The minimum absolute atomic E-state index is 0.00960. The van der Waals surface area contributed by atoms with Crippen LogP contribution in [0.15, 0.2) is 42.7 Å². The number of ketones is 7. The predicted molar refractivity (Wildman–Crippen MR) is 312 cm³/mol. The smallest absolute Gasteiger partial charge is 0.231 e. The summed E-state index contributed by atoms with van der Waals surface area (Å²) in [6.07, 6.45) is 14.8. The largest absolute Gasteiger partial charge is 0.454 e. The predicted octanol–water partition coefficient (Wildman–Crippen LogP) is 12.0. The zero-order valence-electron chi connectivity index (χ0n) is 51.1. The molecule has 14 heteroatoms. The molecule has 0 amide bonds. The van der Waals surface area contributed by atoms with Gasteiger partial charge in [-0.2, -0.15) is 0 Å². The molecule has 78 heavy (non-hydrogen) atoms. The molecule has 0 N–H and O–H groups in total. The van der Waals surface area contributed by atoms with Crippen molar-refractivity contribution in [3.63, 3.8) is 0 Å². The number of ether oxygens (including phenoxy) is 4. The van der Waals surface area contributed by atoms with E-state index < -0.39 is 0 Å². The number of Topliss-reactive ketones (excluding diaryl/α,β-unsaturated/α-hetero) is 7. The monoisotopic (exact) mass is 1090 g/mol. The van der Waals surface area contributed by atoms with Gasteiger partial charge in [-0.05, 0) is 99.3 Å². The Morgan fingerprint density at radius 1 is 0.487 bits per heavy atom. The van der Waals surface area contributed by atoms with Crippen LogP contribution in [0.1, 0.15) is 184 Å². The van der Waals surface area contributed by atoms with Gasteiger partial charge in [-0.3, -0.25) is 48.3 Å². The molecule has 1 aromatic heterocycles. The van der Waals surface area contributed by atoms with E-state index in [0.717, 1.165) is 89.8 Å². The molecule has 0 spiro atoms. The van der Waals surface area contributed by atoms with Crippen molar-refractivity contribution in [1.29, 1.82) is 0 Å². The Balaban J connectivity index is 0.000000459. The van der Waals surface area contributed by atoms with Gasteiger partial charge >= 0.3 is 0 Å². The molecule has 0 radical (unpaired) electrons. The van der Waals surface area contributed by atoms with Gasteiger partial charge in [-0.15, -0.1) is 0 Å². The average molecular weight is 1090 g/mol. The molecule has 1 saturated carbocycles. The minimum Gasteiger partial charge on any atom is -0.454 e. The average Bonchev–Trinajstić information content (AvgIpc) is 4.11. The molecule has 1 aliphatic carbocycles. The van der Waals surface area contributed by atoms with E-state index in [4.69, 9.17) is 18.9 Å². The summed E-state index contributed by atoms with van der Waals surface area (Å²) in [5.74, 6) is 6.23. The number of carbonyl (C=O) groups excluding carboxylic acids is 7. The van der Waals surface area contributed by atoms with Crippen molar-refractivity contribution in [3.8, 4) is 11.5 Å². The van der Waals surface area contributed by atoms with Crippen LogP contribution in [-0.2, 0) is 44.7 Å². The number of piperidine rings is 1. The van der Waals surface area contributed by atoms with Crippen LogP contribution in [0.4, 0.5) is 0 Å². The molecular formula is C64H105N3O11. The molecular weight excluding hydrogens is 987 g/mol. The number of likely N-dealkylation sites (tertiary alicyclic amines) is 1. The molecule has 1 aromatic carbocycles. The standard InChI is InChI=1S/C11H12O3.C10H13NO.C10H19NO.C10H18O2.C9H17NO2.C8H14O.C6H12O/c1-7(2)11(12)8-3-4-9-10(5-8)14-6-13-9;1-8(2)10(12)7-9-3-5-11-6-4-9;1-9(2)10(12)8-11-6-4-3-5-7-11;1-8(2)10(11)7-9-3-5-12-6-4-9;1-8(2)9(11)7-10-3-5-12-6-4-10;1-6(2)8(9)5-7-3-4-7;1-4-6(7)5(2)3/h3-5,7H,6H2,1-2H3;3-6,8H,7H2,1-2H3;9H,3-8H2,1-2H3;8-9H,3-7H2,1-2H3;8H,3-7H2,1-2H3;6-7H,3-5H2,1-2H3;5H,4H2,1-3H3. The first-order valence-electron chi connectivity index (χ1n) is 29.5. The lowest BCUT2D eigenvalue weighted by atomic mass is 9.91. The molecule has 7 rings (SSSR count). The quantitative estimate of drug-likeness (QED) is 0.121. The number of hydrogen-bond acceptors (Lipinski definition) is 14. The molecule has 5 heterocycles. The Labute approximate surface area is 471 Å². The van der Waals surface area contributed by atoms with Crippen molar-refractivity contribution in [1.82, 2.24) is 14.8 Å². The number of aromatic nitrogens is 1. The van der Waals surface area contributed by atoms with Gasteiger partial charge in [0, 0.05) is 111 Å². The van der Waals surface area contributed by atoms with Crippen LogP contribution in [-0.4, -0.2) is 128 Å². The van der Waals surface area contributed by atoms with E-state index in [1.165, 1.54) is 32.1 Å². The Morgan fingerprint density at radius 2 is 0.923 bits per heavy atom. The highest BCUT2D eigenvalue weighted by Gasteiger charge is 2.25. The van der Waals surface area contributed by atoms with Gasteiger partial charge in [0.25, 0.3) is 0 Å². The molecule has 0 bridgehead atoms. The van der Waals surface area contributed by atoms with E-state index in [1.54, 1.807) is 30.6 Å². The van der Waals surface area contributed by atoms with Crippen molar-refractivity contribution in [2.45, 2.75) is 174 Å². The van der Waals surface area contributed by atoms with E-state index in [2.05, 4.69) is 14.8 Å². The van der Waals surface area contributed by atoms with Crippen LogP contribution in [0.5, 0.6) is 11.5 Å². The lowest BCUT2D eigenvalue weighted by Crippen LogP contribution is -2.40. The highest BCUT2D eigenvalue weighted by molar-refractivity contribution is 5.98. The molecule has 4 aliphatic heterocycles. The van der Waals surface area contributed by atoms with E-state index in [1.807, 2.05) is 116 Å². The number of carbonyl (C=O) groups is 7. The summed E-state index contributed by atoms with van der Waals surface area (Å²) in [7, 11) is 0. The van der Waals surface area contributed by atoms with E-state index in [0.29, 0.717) is 77.8 Å². The Kier molecular flexibility index (Phi) is 37.3. The van der Waals surface area contributed by atoms with Crippen molar-refractivity contribution in [2.24, 2.45) is 53.3 Å². The van der Waals surface area contributed by atoms with Gasteiger partial charge in [0.1, 0.15) is 34.7 Å². The van der Waals surface area contributed by atoms with Gasteiger partial charge < -0.3 is 18.9 Å². The zero-order chi connectivity index (χ0) is 58.7. The van der Waals surface area contributed by atoms with Crippen LogP contribution < -0.4 is 9.47 Å². The second kappa shape index (κ2) is 40.6. The summed E-state index contributed by atoms with van der Waals surface area (Å²) in [6, 6.07) is 9.04. The first-order chi connectivity index (χ1) is 36.9. The SMILES string of the molecule is CC(C)C(=O)CC1CC1.CC(C)C(=O)CC1CCOCC1.CC(C)C(=O)CN1CCCCC1.CC(C)C(=O)CN1CCOCC1.CC(C)C(=O)Cc1ccncc1.CC(C)C(=O)c1ccc2c(c1)OCO2.CCC(=O)C(C)C. The Hall–Kier alpha value is -4.50. The fourth-order valence-corrected chi connectivity index (χ4v) is 7.69. The van der Waals surface area contributed by atoms with Gasteiger partial charge in [-0.1, -0.05) is 110 Å². The minimum atomic E-state index is 0.00960. The summed E-state index contributed by atoms with van der Waals surface area (Å²) >= 11 is 0. The number of fused-ring (bicyclic) bond motifs is 1. The third-order valence-corrected chi connectivity index (χ3v) is 13.9. The lowest BCUT2D eigenvalue weighted by Gasteiger charge is -2.26. The van der Waals surface area contributed by atoms with Gasteiger partial charge in [0.15, 0.2) is 17.3 Å². The van der Waals surface area contributed by atoms with E-state index >= 15 is 0 Å². The first-order valence-corrected chi connectivity index (χ1v) is 29.5. The second-order valence-corrected chi connectivity index (χ2v) is 23.3. The maximum Gasteiger partial charge on any atom is 0.231 e. The van der Waals surface area contributed by atoms with Crippen molar-refractivity contribution in [2.75, 3.05) is 72.5 Å². The summed E-state index contributed by atoms with van der Waals surface area (Å²) in [4.78, 5) is 86.8. The Morgan fingerprint density at radius 3 is 1.35 bits per heavy atom. The molecule has 442 valence electrons. The molecule has 0 unspecified atom stereocenters. The topological polar surface area (TPSA) is 176 Å².